The van der Waals surface area contributed by atoms with Gasteiger partial charge in [0.05, 0.1) is 5.92 Å². The third-order valence-corrected chi connectivity index (χ3v) is 8.85. The van der Waals surface area contributed by atoms with Crippen molar-refractivity contribution in [2.45, 2.75) is 31.9 Å². The van der Waals surface area contributed by atoms with Crippen LogP contribution in [-0.4, -0.2) is 77.8 Å². The molecule has 0 saturated carbocycles. The van der Waals surface area contributed by atoms with E-state index in [0.29, 0.717) is 5.69 Å². The Hall–Kier alpha value is -4.22. The molecule has 4 N–H and O–H groups in total. The number of carbonyl (C=O) groups is 5. The Morgan fingerprint density at radius 3 is 2.10 bits per heavy atom. The van der Waals surface area contributed by atoms with Gasteiger partial charge >= 0.3 is 24.0 Å². The summed E-state index contributed by atoms with van der Waals surface area (Å²) in [5.74, 6) is -5.96. The highest BCUT2D eigenvalue weighted by atomic mass is 31.2. The fourth-order valence-electron chi connectivity index (χ4n) is 3.77. The van der Waals surface area contributed by atoms with Gasteiger partial charge in [-0.2, -0.15) is 0 Å². The highest BCUT2D eigenvalue weighted by Gasteiger charge is 2.33. The monoisotopic (exact) mass is 592 g/mol. The minimum Gasteiger partial charge on any atom is -0.481 e. The van der Waals surface area contributed by atoms with E-state index >= 15 is 0 Å². The topological polar surface area (TPSA) is 197 Å². The van der Waals surface area contributed by atoms with Crippen molar-refractivity contribution in [2.24, 2.45) is 5.92 Å². The van der Waals surface area contributed by atoms with E-state index in [1.165, 1.54) is 36.2 Å². The fourth-order valence-corrected chi connectivity index (χ4v) is 5.94. The highest BCUT2D eigenvalue weighted by Crippen LogP contribution is 2.49. The van der Waals surface area contributed by atoms with Gasteiger partial charge in [0.1, 0.15) is 12.6 Å². The van der Waals surface area contributed by atoms with Gasteiger partial charge in [0, 0.05) is 44.2 Å². The van der Waals surface area contributed by atoms with Crippen molar-refractivity contribution in [3.05, 3.63) is 65.7 Å². The van der Waals surface area contributed by atoms with Crippen molar-refractivity contribution in [3.63, 3.8) is 0 Å². The Balaban J connectivity index is 1.99. The second-order valence-corrected chi connectivity index (χ2v) is 12.0. The number of aliphatic carboxylic acids is 3. The average Bonchev–Trinajstić information content (AvgIpc) is 2.95. The van der Waals surface area contributed by atoms with Gasteiger partial charge in [-0.25, -0.2) is 9.59 Å². The van der Waals surface area contributed by atoms with Crippen LogP contribution in [0.25, 0.3) is 0 Å². The summed E-state index contributed by atoms with van der Waals surface area (Å²) in [7, 11) is -1.08. The number of anilines is 1. The Labute approximate surface area is 236 Å². The molecule has 0 heterocycles. The van der Waals surface area contributed by atoms with Crippen LogP contribution in [0.5, 0.6) is 0 Å². The Morgan fingerprint density at radius 1 is 0.927 bits per heavy atom. The van der Waals surface area contributed by atoms with Crippen molar-refractivity contribution in [1.29, 1.82) is 0 Å². The first-order chi connectivity index (χ1) is 19.3. The van der Waals surface area contributed by atoms with Crippen LogP contribution in [0.4, 0.5) is 10.5 Å². The van der Waals surface area contributed by atoms with E-state index in [0.717, 1.165) is 12.7 Å². The maximum atomic E-state index is 13.1. The molecule has 0 aromatic heterocycles. The van der Waals surface area contributed by atoms with Gasteiger partial charge < -0.3 is 29.9 Å². The molecule has 41 heavy (non-hydrogen) atoms. The number of benzene rings is 2. The van der Waals surface area contributed by atoms with Crippen LogP contribution in [-0.2, 0) is 34.8 Å². The molecular weight excluding hydrogens is 559 g/mol. The normalized spacial score (nSPS) is 13.7. The summed E-state index contributed by atoms with van der Waals surface area (Å²) in [6.45, 7) is 0.0797. The zero-order valence-electron chi connectivity index (χ0n) is 22.6. The SMILES string of the molecule is COP(=O)(CC[C@H](NC(=O)c1ccc(N(C)C(=O)OCc2ccccc2)cc1)C(=O)O)CC(CCC(=O)O)C(=O)O. The molecule has 0 radical (unpaired) electrons. The Kier molecular flexibility index (Phi) is 12.5. The van der Waals surface area contributed by atoms with Gasteiger partial charge in [-0.05, 0) is 42.7 Å². The first-order valence-corrected chi connectivity index (χ1v) is 14.5. The molecule has 0 bridgehead atoms. The van der Waals surface area contributed by atoms with Gasteiger partial charge in [-0.1, -0.05) is 30.3 Å². The third kappa shape index (κ3) is 10.7. The maximum absolute atomic E-state index is 13.1. The first kappa shape index (κ1) is 33.0. The number of amides is 2. The maximum Gasteiger partial charge on any atom is 0.414 e. The number of ether oxygens (including phenoxy) is 1. The molecule has 0 aliphatic heterocycles. The molecular formula is C27H33N2O11P. The van der Waals surface area contributed by atoms with Crippen molar-refractivity contribution in [3.8, 4) is 0 Å². The van der Waals surface area contributed by atoms with Gasteiger partial charge in [0.15, 0.2) is 0 Å². The summed E-state index contributed by atoms with van der Waals surface area (Å²) in [4.78, 5) is 60.5. The number of carboxylic acid groups (broad SMARTS) is 3. The number of rotatable bonds is 16. The van der Waals surface area contributed by atoms with Crippen LogP contribution in [0, 0.1) is 5.92 Å². The summed E-state index contributed by atoms with van der Waals surface area (Å²) in [5, 5.41) is 30.1. The molecule has 222 valence electrons. The predicted molar refractivity (Wildman–Crippen MR) is 147 cm³/mol. The fraction of sp³-hybridized carbons (Fsp3) is 0.370. The summed E-state index contributed by atoms with van der Waals surface area (Å²) < 4.78 is 23.4. The molecule has 0 spiro atoms. The van der Waals surface area contributed by atoms with Crippen molar-refractivity contribution in [1.82, 2.24) is 5.32 Å². The minimum absolute atomic E-state index is 0.0797. The van der Waals surface area contributed by atoms with Gasteiger partial charge in [0.2, 0.25) is 7.37 Å². The quantitative estimate of drug-likeness (QED) is 0.208. The van der Waals surface area contributed by atoms with Crippen LogP contribution >= 0.6 is 7.37 Å². The zero-order valence-corrected chi connectivity index (χ0v) is 23.5. The predicted octanol–water partition coefficient (Wildman–Crippen LogP) is 3.52. The van der Waals surface area contributed by atoms with Crippen LogP contribution < -0.4 is 10.2 Å². The van der Waals surface area contributed by atoms with E-state index in [2.05, 4.69) is 5.32 Å². The van der Waals surface area contributed by atoms with Crippen molar-refractivity contribution in [2.75, 3.05) is 31.4 Å². The summed E-state index contributed by atoms with van der Waals surface area (Å²) in [5.41, 5.74) is 1.34. The lowest BCUT2D eigenvalue weighted by atomic mass is 10.1. The van der Waals surface area contributed by atoms with E-state index in [9.17, 15) is 38.8 Å². The lowest BCUT2D eigenvalue weighted by Crippen LogP contribution is -2.41. The highest BCUT2D eigenvalue weighted by molar-refractivity contribution is 7.59. The van der Waals surface area contributed by atoms with Gasteiger partial charge in [0.25, 0.3) is 5.91 Å². The van der Waals surface area contributed by atoms with Crippen LogP contribution in [0.15, 0.2) is 54.6 Å². The summed E-state index contributed by atoms with van der Waals surface area (Å²) in [6.07, 6.45) is -2.49. The third-order valence-electron chi connectivity index (χ3n) is 6.24. The molecule has 3 atom stereocenters. The second-order valence-electron chi connectivity index (χ2n) is 9.17. The standard InChI is InChI=1S/C27H33N2O11P/c1-29(27(37)40-16-18-6-4-3-5-7-18)21-11-8-19(9-12-21)24(32)28-22(26(35)36)14-15-41(38,39-2)17-20(25(33)34)10-13-23(30)31/h3-9,11-12,20,22H,10,13-17H2,1-2H3,(H,28,32)(H,30,31)(H,33,34)(H,35,36)/t20?,22-,41?/m0/s1. The molecule has 2 unspecified atom stereocenters. The van der Waals surface area contributed by atoms with Crippen LogP contribution in [0.2, 0.25) is 0 Å². The summed E-state index contributed by atoms with van der Waals surface area (Å²) in [6, 6.07) is 13.4. The molecule has 2 aromatic carbocycles. The Morgan fingerprint density at radius 2 is 1.56 bits per heavy atom. The van der Waals surface area contributed by atoms with E-state index in [1.54, 1.807) is 0 Å². The Bertz CT molecular complexity index is 1270. The molecule has 0 aliphatic carbocycles. The number of hydrogen-bond acceptors (Lipinski definition) is 8. The minimum atomic E-state index is -3.67. The average molecular weight is 593 g/mol. The van der Waals surface area contributed by atoms with Crippen molar-refractivity contribution < 1.29 is 53.1 Å². The van der Waals surface area contributed by atoms with Crippen molar-refractivity contribution >= 4 is 43.0 Å². The molecule has 2 rings (SSSR count). The molecule has 2 amide bonds. The van der Waals surface area contributed by atoms with E-state index in [1.807, 2.05) is 30.3 Å². The number of nitrogens with one attached hydrogen (secondary N) is 1. The lowest BCUT2D eigenvalue weighted by molar-refractivity contribution is -0.142. The van der Waals surface area contributed by atoms with E-state index in [4.69, 9.17) is 14.4 Å². The number of nitrogens with zero attached hydrogens (tertiary/aromatic N) is 1. The summed E-state index contributed by atoms with van der Waals surface area (Å²) >= 11 is 0. The molecule has 13 nitrogen and oxygen atoms in total. The molecule has 0 saturated heterocycles. The lowest BCUT2D eigenvalue weighted by Gasteiger charge is -2.22. The molecule has 14 heteroatoms. The molecule has 0 aliphatic rings. The number of carbonyl (C=O) groups excluding carboxylic acids is 2. The van der Waals surface area contributed by atoms with E-state index in [-0.39, 0.29) is 31.2 Å². The number of carboxylic acids is 3. The zero-order chi connectivity index (χ0) is 30.6. The molecule has 0 fully saturated rings. The van der Waals surface area contributed by atoms with E-state index < -0.39 is 61.8 Å². The molecule has 2 aromatic rings. The first-order valence-electron chi connectivity index (χ1n) is 12.5. The smallest absolute Gasteiger partial charge is 0.414 e. The second kappa shape index (κ2) is 15.5. The van der Waals surface area contributed by atoms with Gasteiger partial charge in [-0.15, -0.1) is 0 Å². The number of hydrogen-bond donors (Lipinski definition) is 4. The van der Waals surface area contributed by atoms with Crippen LogP contribution in [0.3, 0.4) is 0 Å². The largest absolute Gasteiger partial charge is 0.481 e. The van der Waals surface area contributed by atoms with Gasteiger partial charge in [-0.3, -0.25) is 23.8 Å². The van der Waals surface area contributed by atoms with Crippen LogP contribution in [0.1, 0.15) is 35.2 Å².